The minimum atomic E-state index is -0.414. The standard InChI is InChI=1S/C35H34N6O6S2/c1-44-27-14-7-5-11-23(27)34(43)36-20-31-37-38-35(40(31)25-13-6-8-15-28(25)45-2)49-21-32(42)41-26(19-24(39-41)30-17-10-18-48-30)22-12-9-16-29(46-3)33(22)47-4/h5-18,26H,19-21H2,1-4H3,(H,36,43)/t26-/m1/s1. The molecule has 3 aromatic carbocycles. The Morgan fingerprint density at radius 1 is 0.857 bits per heavy atom. The molecule has 0 unspecified atom stereocenters. The average Bonchev–Trinajstić information content (AvgIpc) is 3.93. The smallest absolute Gasteiger partial charge is 0.255 e. The second-order valence-corrected chi connectivity index (χ2v) is 12.5. The highest BCUT2D eigenvalue weighted by Crippen LogP contribution is 2.42. The number of hydrogen-bond donors (Lipinski definition) is 1. The highest BCUT2D eigenvalue weighted by Gasteiger charge is 2.36. The van der Waals surface area contributed by atoms with Crippen LogP contribution in [0.1, 0.15) is 39.1 Å². The van der Waals surface area contributed by atoms with E-state index < -0.39 is 6.04 Å². The lowest BCUT2D eigenvalue weighted by molar-refractivity contribution is -0.130. The number of carbonyl (C=O) groups excluding carboxylic acids is 2. The summed E-state index contributed by atoms with van der Waals surface area (Å²) < 4.78 is 24.1. The lowest BCUT2D eigenvalue weighted by atomic mass is 9.99. The van der Waals surface area contributed by atoms with Gasteiger partial charge in [-0.25, -0.2) is 5.01 Å². The Balaban J connectivity index is 1.29. The Hall–Kier alpha value is -5.34. The molecule has 2 amide bonds. The first kappa shape index (κ1) is 33.6. The fourth-order valence-corrected chi connectivity index (χ4v) is 7.13. The molecule has 49 heavy (non-hydrogen) atoms. The van der Waals surface area contributed by atoms with Crippen molar-refractivity contribution in [2.24, 2.45) is 5.10 Å². The molecule has 0 bridgehead atoms. The number of carbonyl (C=O) groups is 2. The molecule has 14 heteroatoms. The van der Waals surface area contributed by atoms with Crippen molar-refractivity contribution in [1.29, 1.82) is 0 Å². The van der Waals surface area contributed by atoms with Crippen molar-refractivity contribution in [3.05, 3.63) is 106 Å². The van der Waals surface area contributed by atoms with Crippen LogP contribution >= 0.6 is 23.1 Å². The average molecular weight is 699 g/mol. The van der Waals surface area contributed by atoms with Crippen molar-refractivity contribution in [1.82, 2.24) is 25.1 Å². The molecule has 3 heterocycles. The third-order valence-electron chi connectivity index (χ3n) is 7.87. The van der Waals surface area contributed by atoms with E-state index in [9.17, 15) is 9.59 Å². The Morgan fingerprint density at radius 3 is 2.33 bits per heavy atom. The number of hydrazone groups is 1. The van der Waals surface area contributed by atoms with Gasteiger partial charge in [0.25, 0.3) is 11.8 Å². The van der Waals surface area contributed by atoms with Gasteiger partial charge in [-0.15, -0.1) is 21.5 Å². The maximum Gasteiger partial charge on any atom is 0.255 e. The Bertz CT molecular complexity index is 1980. The molecule has 0 radical (unpaired) electrons. The van der Waals surface area contributed by atoms with Crippen LogP contribution in [0.3, 0.4) is 0 Å². The summed E-state index contributed by atoms with van der Waals surface area (Å²) in [7, 11) is 6.26. The number of ether oxygens (including phenoxy) is 4. The number of para-hydroxylation sites is 4. The van der Waals surface area contributed by atoms with Crippen molar-refractivity contribution in [3.63, 3.8) is 0 Å². The molecule has 0 fully saturated rings. The normalized spacial score (nSPS) is 13.9. The summed E-state index contributed by atoms with van der Waals surface area (Å²) in [5, 5.41) is 20.5. The molecule has 12 nitrogen and oxygen atoms in total. The first-order valence-corrected chi connectivity index (χ1v) is 17.1. The molecule has 5 aromatic rings. The summed E-state index contributed by atoms with van der Waals surface area (Å²) in [5.41, 5.74) is 2.66. The topological polar surface area (TPSA) is 129 Å². The first-order chi connectivity index (χ1) is 24.0. The quantitative estimate of drug-likeness (QED) is 0.153. The van der Waals surface area contributed by atoms with E-state index in [1.807, 2.05) is 60.0 Å². The molecule has 0 aliphatic carbocycles. The van der Waals surface area contributed by atoms with Gasteiger partial charge in [-0.1, -0.05) is 54.2 Å². The largest absolute Gasteiger partial charge is 0.496 e. The van der Waals surface area contributed by atoms with E-state index in [4.69, 9.17) is 24.0 Å². The van der Waals surface area contributed by atoms with Crippen molar-refractivity contribution in [2.45, 2.75) is 24.2 Å². The molecule has 1 atom stereocenters. The van der Waals surface area contributed by atoms with Crippen LogP contribution in [0.25, 0.3) is 5.69 Å². The van der Waals surface area contributed by atoms with Gasteiger partial charge in [-0.2, -0.15) is 5.10 Å². The van der Waals surface area contributed by atoms with Gasteiger partial charge in [0.2, 0.25) is 0 Å². The number of methoxy groups -OCH3 is 4. The van der Waals surface area contributed by atoms with Crippen molar-refractivity contribution in [3.8, 4) is 28.7 Å². The summed E-state index contributed by atoms with van der Waals surface area (Å²) >= 11 is 2.79. The third kappa shape index (κ3) is 6.96. The lowest BCUT2D eigenvalue weighted by Crippen LogP contribution is -2.29. The molecular weight excluding hydrogens is 665 g/mol. The summed E-state index contributed by atoms with van der Waals surface area (Å²) in [6, 6.07) is 23.6. The molecule has 0 saturated carbocycles. The van der Waals surface area contributed by atoms with Gasteiger partial charge < -0.3 is 24.3 Å². The zero-order chi connectivity index (χ0) is 34.3. The van der Waals surface area contributed by atoms with E-state index in [1.165, 1.54) is 23.9 Å². The molecule has 0 spiro atoms. The Labute approximate surface area is 291 Å². The fraction of sp³-hybridized carbons (Fsp3) is 0.229. The fourth-order valence-electron chi connectivity index (χ4n) is 5.59. The van der Waals surface area contributed by atoms with E-state index in [0.717, 1.165) is 16.2 Å². The number of thiophene rings is 1. The van der Waals surface area contributed by atoms with Crippen molar-refractivity contribution >= 4 is 40.6 Å². The Kier molecular flexibility index (Phi) is 10.4. The molecule has 1 aliphatic rings. The van der Waals surface area contributed by atoms with Crippen LogP contribution < -0.4 is 24.3 Å². The zero-order valence-corrected chi connectivity index (χ0v) is 28.9. The second kappa shape index (κ2) is 15.3. The van der Waals surface area contributed by atoms with E-state index in [1.54, 1.807) is 61.5 Å². The van der Waals surface area contributed by atoms with E-state index in [2.05, 4.69) is 15.5 Å². The Morgan fingerprint density at radius 2 is 1.59 bits per heavy atom. The third-order valence-corrected chi connectivity index (χ3v) is 9.71. The molecule has 2 aromatic heterocycles. The SMILES string of the molecule is COc1ccccc1C(=O)NCc1nnc(SCC(=O)N2N=C(c3cccs3)C[C@@H]2c2cccc(OC)c2OC)n1-c1ccccc1OC. The van der Waals surface area contributed by atoms with Gasteiger partial charge in [0, 0.05) is 12.0 Å². The first-order valence-electron chi connectivity index (χ1n) is 15.2. The number of thioether (sulfide) groups is 1. The van der Waals surface area contributed by atoms with Crippen LogP contribution in [0.15, 0.2) is 94.5 Å². The van der Waals surface area contributed by atoms with Crippen LogP contribution in [-0.4, -0.2) is 71.5 Å². The van der Waals surface area contributed by atoms with Crippen molar-refractivity contribution in [2.75, 3.05) is 34.2 Å². The van der Waals surface area contributed by atoms with Gasteiger partial charge >= 0.3 is 0 Å². The van der Waals surface area contributed by atoms with Gasteiger partial charge in [0.05, 0.1) is 68.6 Å². The molecular formula is C35H34N6O6S2. The molecule has 0 saturated heterocycles. The molecule has 1 N–H and O–H groups in total. The second-order valence-electron chi connectivity index (χ2n) is 10.6. The monoisotopic (exact) mass is 698 g/mol. The number of aromatic nitrogens is 3. The molecule has 252 valence electrons. The lowest BCUT2D eigenvalue weighted by Gasteiger charge is -2.24. The van der Waals surface area contributed by atoms with Crippen LogP contribution in [0.4, 0.5) is 0 Å². The molecule has 1 aliphatic heterocycles. The van der Waals surface area contributed by atoms with Gasteiger partial charge in [-0.3, -0.25) is 14.2 Å². The number of nitrogens with one attached hydrogen (secondary N) is 1. The van der Waals surface area contributed by atoms with Gasteiger partial charge in [0.15, 0.2) is 22.5 Å². The number of amides is 2. The van der Waals surface area contributed by atoms with E-state index in [0.29, 0.717) is 51.7 Å². The maximum absolute atomic E-state index is 14.1. The summed E-state index contributed by atoms with van der Waals surface area (Å²) in [6.07, 6.45) is 0.508. The van der Waals surface area contributed by atoms with E-state index in [-0.39, 0.29) is 24.1 Å². The number of rotatable bonds is 13. The highest BCUT2D eigenvalue weighted by atomic mass is 32.2. The van der Waals surface area contributed by atoms with Crippen LogP contribution in [0.5, 0.6) is 23.0 Å². The van der Waals surface area contributed by atoms with Crippen LogP contribution in [0.2, 0.25) is 0 Å². The predicted octanol–water partition coefficient (Wildman–Crippen LogP) is 5.76. The van der Waals surface area contributed by atoms with Crippen LogP contribution in [0, 0.1) is 0 Å². The van der Waals surface area contributed by atoms with Crippen molar-refractivity contribution < 1.29 is 28.5 Å². The van der Waals surface area contributed by atoms with Gasteiger partial charge in [-0.05, 0) is 41.8 Å². The number of benzene rings is 3. The predicted molar refractivity (Wildman–Crippen MR) is 187 cm³/mol. The molecule has 6 rings (SSSR count). The zero-order valence-electron chi connectivity index (χ0n) is 27.3. The number of hydrogen-bond acceptors (Lipinski definition) is 11. The number of nitrogens with zero attached hydrogens (tertiary/aromatic N) is 5. The maximum atomic E-state index is 14.1. The highest BCUT2D eigenvalue weighted by molar-refractivity contribution is 7.99. The van der Waals surface area contributed by atoms with Gasteiger partial charge in [0.1, 0.15) is 11.5 Å². The van der Waals surface area contributed by atoms with E-state index >= 15 is 0 Å². The minimum absolute atomic E-state index is 0.00482. The summed E-state index contributed by atoms with van der Waals surface area (Å²) in [5.74, 6) is 2.04. The summed E-state index contributed by atoms with van der Waals surface area (Å²) in [4.78, 5) is 28.2. The van der Waals surface area contributed by atoms with Crippen LogP contribution in [-0.2, 0) is 11.3 Å². The summed E-state index contributed by atoms with van der Waals surface area (Å²) in [6.45, 7) is 0.0503. The minimum Gasteiger partial charge on any atom is -0.496 e.